The monoisotopic (exact) mass is 309 g/mol. The third kappa shape index (κ3) is 3.68. The van der Waals surface area contributed by atoms with Crippen LogP contribution >= 0.6 is 11.6 Å². The molecule has 0 radical (unpaired) electrons. The van der Waals surface area contributed by atoms with Gasteiger partial charge < -0.3 is 15.2 Å². The topological polar surface area (TPSA) is 62.3 Å². The van der Waals surface area contributed by atoms with Gasteiger partial charge in [0.2, 0.25) is 0 Å². The van der Waals surface area contributed by atoms with Gasteiger partial charge in [-0.2, -0.15) is 5.10 Å². The highest BCUT2D eigenvalue weighted by atomic mass is 35.5. The second kappa shape index (κ2) is 6.83. The number of halogens is 1. The van der Waals surface area contributed by atoms with Crippen molar-refractivity contribution in [3.05, 3.63) is 40.7 Å². The number of hydrogen-bond acceptors (Lipinski definition) is 4. The van der Waals surface area contributed by atoms with Gasteiger partial charge in [0, 0.05) is 18.8 Å². The Morgan fingerprint density at radius 2 is 2.14 bits per heavy atom. The lowest BCUT2D eigenvalue weighted by Gasteiger charge is -2.13. The van der Waals surface area contributed by atoms with Crippen LogP contribution in [0.25, 0.3) is 0 Å². The Labute approximate surface area is 129 Å². The molecule has 0 aliphatic rings. The molecule has 2 rings (SSSR count). The summed E-state index contributed by atoms with van der Waals surface area (Å²) in [7, 11) is 1.58. The molecule has 2 N–H and O–H groups in total. The van der Waals surface area contributed by atoms with Crippen molar-refractivity contribution in [1.82, 2.24) is 9.78 Å². The van der Waals surface area contributed by atoms with E-state index in [4.69, 9.17) is 26.8 Å². The third-order valence-corrected chi connectivity index (χ3v) is 3.36. The van der Waals surface area contributed by atoms with Crippen LogP contribution in [0, 0.1) is 0 Å². The first-order valence-corrected chi connectivity index (χ1v) is 7.16. The van der Waals surface area contributed by atoms with Crippen molar-refractivity contribution in [2.75, 3.05) is 7.11 Å². The predicted octanol–water partition coefficient (Wildman–Crippen LogP) is 3.16. The SMILES string of the molecule is COc1cc(CN)cc(Cl)c1OCc1ccn(C(C)C)n1. The van der Waals surface area contributed by atoms with Crippen LogP contribution in [0.4, 0.5) is 0 Å². The molecule has 0 saturated carbocycles. The highest BCUT2D eigenvalue weighted by molar-refractivity contribution is 6.32. The molecule has 6 heteroatoms. The Hall–Kier alpha value is -1.72. The number of aromatic nitrogens is 2. The average molecular weight is 310 g/mol. The van der Waals surface area contributed by atoms with Gasteiger partial charge in [-0.15, -0.1) is 0 Å². The first-order chi connectivity index (χ1) is 10.0. The van der Waals surface area contributed by atoms with Crippen molar-refractivity contribution in [2.24, 2.45) is 5.73 Å². The van der Waals surface area contributed by atoms with Gasteiger partial charge in [-0.25, -0.2) is 0 Å². The number of ether oxygens (including phenoxy) is 2. The summed E-state index contributed by atoms with van der Waals surface area (Å²) in [5.74, 6) is 1.08. The minimum Gasteiger partial charge on any atom is -0.493 e. The molecule has 21 heavy (non-hydrogen) atoms. The molecule has 0 aliphatic carbocycles. The van der Waals surface area contributed by atoms with Gasteiger partial charge in [-0.1, -0.05) is 11.6 Å². The van der Waals surface area contributed by atoms with Gasteiger partial charge in [-0.05, 0) is 37.6 Å². The summed E-state index contributed by atoms with van der Waals surface area (Å²) in [6.45, 7) is 4.87. The molecule has 0 aliphatic heterocycles. The Balaban J connectivity index is 2.15. The summed E-state index contributed by atoms with van der Waals surface area (Å²) >= 11 is 6.23. The van der Waals surface area contributed by atoms with E-state index in [1.54, 1.807) is 13.2 Å². The highest BCUT2D eigenvalue weighted by Gasteiger charge is 2.12. The highest BCUT2D eigenvalue weighted by Crippen LogP contribution is 2.36. The van der Waals surface area contributed by atoms with Crippen molar-refractivity contribution in [2.45, 2.75) is 33.0 Å². The summed E-state index contributed by atoms with van der Waals surface area (Å²) in [6.07, 6.45) is 1.93. The predicted molar refractivity (Wildman–Crippen MR) is 82.8 cm³/mol. The molecule has 5 nitrogen and oxygen atoms in total. The fraction of sp³-hybridized carbons (Fsp3) is 0.400. The summed E-state index contributed by atoms with van der Waals surface area (Å²) < 4.78 is 13.0. The standard InChI is InChI=1S/C15H20ClN3O2/c1-10(2)19-5-4-12(18-19)9-21-15-13(16)6-11(8-17)7-14(15)20-3/h4-7,10H,8-9,17H2,1-3H3. The maximum absolute atomic E-state index is 6.23. The first-order valence-electron chi connectivity index (χ1n) is 6.78. The number of rotatable bonds is 6. The number of nitrogens with zero attached hydrogens (tertiary/aromatic N) is 2. The third-order valence-electron chi connectivity index (χ3n) is 3.08. The summed E-state index contributed by atoms with van der Waals surface area (Å²) in [4.78, 5) is 0. The largest absolute Gasteiger partial charge is 0.493 e. The number of benzene rings is 1. The van der Waals surface area contributed by atoms with Crippen LogP contribution in [-0.2, 0) is 13.2 Å². The maximum Gasteiger partial charge on any atom is 0.180 e. The molecular weight excluding hydrogens is 290 g/mol. The molecule has 1 aromatic carbocycles. The molecule has 0 amide bonds. The van der Waals surface area contributed by atoms with E-state index in [9.17, 15) is 0 Å². The van der Waals surface area contributed by atoms with Crippen LogP contribution in [0.3, 0.4) is 0 Å². The zero-order chi connectivity index (χ0) is 15.4. The summed E-state index contributed by atoms with van der Waals surface area (Å²) in [6, 6.07) is 5.86. The van der Waals surface area contributed by atoms with Crippen LogP contribution in [0.1, 0.15) is 31.1 Å². The molecule has 0 bridgehead atoms. The van der Waals surface area contributed by atoms with E-state index in [2.05, 4.69) is 18.9 Å². The van der Waals surface area contributed by atoms with Crippen molar-refractivity contribution < 1.29 is 9.47 Å². The van der Waals surface area contributed by atoms with Crippen LogP contribution in [-0.4, -0.2) is 16.9 Å². The van der Waals surface area contributed by atoms with Crippen LogP contribution in [0.5, 0.6) is 11.5 Å². The molecule has 0 fully saturated rings. The minimum absolute atomic E-state index is 0.320. The van der Waals surface area contributed by atoms with E-state index in [0.29, 0.717) is 35.7 Å². The molecule has 0 atom stereocenters. The summed E-state index contributed by atoms with van der Waals surface area (Å²) in [5.41, 5.74) is 7.35. The molecule has 0 spiro atoms. The molecule has 114 valence electrons. The van der Waals surface area contributed by atoms with Crippen molar-refractivity contribution in [3.8, 4) is 11.5 Å². The second-order valence-corrected chi connectivity index (χ2v) is 5.39. The Morgan fingerprint density at radius 3 is 2.71 bits per heavy atom. The van der Waals surface area contributed by atoms with Crippen molar-refractivity contribution >= 4 is 11.6 Å². The minimum atomic E-state index is 0.320. The van der Waals surface area contributed by atoms with E-state index in [1.807, 2.05) is 23.0 Å². The average Bonchev–Trinajstić information content (AvgIpc) is 2.94. The lowest BCUT2D eigenvalue weighted by molar-refractivity contribution is 0.279. The lowest BCUT2D eigenvalue weighted by Crippen LogP contribution is -2.04. The van der Waals surface area contributed by atoms with Gasteiger partial charge in [0.05, 0.1) is 17.8 Å². The van der Waals surface area contributed by atoms with Crippen molar-refractivity contribution in [3.63, 3.8) is 0 Å². The molecule has 1 heterocycles. The fourth-order valence-corrected chi connectivity index (χ4v) is 2.21. The van der Waals surface area contributed by atoms with Crippen LogP contribution in [0.2, 0.25) is 5.02 Å². The summed E-state index contributed by atoms with van der Waals surface area (Å²) in [5, 5.41) is 4.92. The van der Waals surface area contributed by atoms with Crippen LogP contribution in [0.15, 0.2) is 24.4 Å². The van der Waals surface area contributed by atoms with E-state index in [-0.39, 0.29) is 0 Å². The van der Waals surface area contributed by atoms with E-state index >= 15 is 0 Å². The maximum atomic E-state index is 6.23. The Bertz CT molecular complexity index is 611. The van der Waals surface area contributed by atoms with E-state index < -0.39 is 0 Å². The van der Waals surface area contributed by atoms with Crippen LogP contribution < -0.4 is 15.2 Å². The zero-order valence-electron chi connectivity index (χ0n) is 12.5. The Morgan fingerprint density at radius 1 is 1.38 bits per heavy atom. The Kier molecular flexibility index (Phi) is 5.09. The van der Waals surface area contributed by atoms with Crippen molar-refractivity contribution in [1.29, 1.82) is 0 Å². The number of nitrogens with two attached hydrogens (primary N) is 1. The molecule has 0 unspecified atom stereocenters. The number of hydrogen-bond donors (Lipinski definition) is 1. The zero-order valence-corrected chi connectivity index (χ0v) is 13.2. The quantitative estimate of drug-likeness (QED) is 0.890. The fourth-order valence-electron chi connectivity index (χ4n) is 1.92. The molecule has 1 aromatic heterocycles. The van der Waals surface area contributed by atoms with Gasteiger partial charge in [0.1, 0.15) is 6.61 Å². The van der Waals surface area contributed by atoms with Gasteiger partial charge >= 0.3 is 0 Å². The molecular formula is C15H20ClN3O2. The smallest absolute Gasteiger partial charge is 0.180 e. The molecule has 0 saturated heterocycles. The van der Waals surface area contributed by atoms with E-state index in [1.165, 1.54) is 0 Å². The second-order valence-electron chi connectivity index (χ2n) is 4.98. The molecule has 2 aromatic rings. The normalized spacial score (nSPS) is 11.0. The van der Waals surface area contributed by atoms with Gasteiger partial charge in [0.15, 0.2) is 11.5 Å². The van der Waals surface area contributed by atoms with E-state index in [0.717, 1.165) is 11.3 Å². The lowest BCUT2D eigenvalue weighted by atomic mass is 10.2. The number of methoxy groups -OCH3 is 1. The van der Waals surface area contributed by atoms with Gasteiger partial charge in [-0.3, -0.25) is 4.68 Å². The van der Waals surface area contributed by atoms with Gasteiger partial charge in [0.25, 0.3) is 0 Å². The first kappa shape index (κ1) is 15.7.